The first-order valence-electron chi connectivity index (χ1n) is 11.6. The van der Waals surface area contributed by atoms with Crippen molar-refractivity contribution in [2.45, 2.75) is 32.7 Å². The Morgan fingerprint density at radius 2 is 1.74 bits per heavy atom. The number of amides is 3. The Morgan fingerprint density at radius 1 is 1.06 bits per heavy atom. The van der Waals surface area contributed by atoms with Crippen molar-refractivity contribution in [2.75, 3.05) is 26.7 Å². The second-order valence-corrected chi connectivity index (χ2v) is 8.96. The summed E-state index contributed by atoms with van der Waals surface area (Å²) in [7, 11) is 1.55. The summed E-state index contributed by atoms with van der Waals surface area (Å²) in [6.07, 6.45) is 1.09. The van der Waals surface area contributed by atoms with Gasteiger partial charge in [0, 0.05) is 30.8 Å². The monoisotopic (exact) mass is 469 g/mol. The Bertz CT molecular complexity index is 1000. The normalized spacial score (nSPS) is 15.0. The van der Waals surface area contributed by atoms with E-state index in [0.717, 1.165) is 0 Å². The van der Waals surface area contributed by atoms with Crippen molar-refractivity contribution < 1.29 is 23.5 Å². The molecule has 3 rings (SSSR count). The highest BCUT2D eigenvalue weighted by Crippen LogP contribution is 2.23. The molecule has 0 bridgehead atoms. The van der Waals surface area contributed by atoms with Crippen LogP contribution in [0.15, 0.2) is 48.5 Å². The lowest BCUT2D eigenvalue weighted by Crippen LogP contribution is -2.54. The van der Waals surface area contributed by atoms with Crippen LogP contribution in [0.25, 0.3) is 0 Å². The topological polar surface area (TPSA) is 87.7 Å². The van der Waals surface area contributed by atoms with Crippen LogP contribution in [0.5, 0.6) is 5.75 Å². The average Bonchev–Trinajstić information content (AvgIpc) is 2.85. The fourth-order valence-corrected chi connectivity index (χ4v) is 4.02. The third kappa shape index (κ3) is 6.56. The maximum Gasteiger partial charge on any atom is 0.253 e. The van der Waals surface area contributed by atoms with Crippen molar-refractivity contribution in [1.29, 1.82) is 0 Å². The van der Waals surface area contributed by atoms with Crippen molar-refractivity contribution in [2.24, 2.45) is 11.8 Å². The molecule has 2 aromatic rings. The number of hydrogen-bond donors (Lipinski definition) is 2. The molecule has 1 aliphatic heterocycles. The predicted octanol–water partition coefficient (Wildman–Crippen LogP) is 3.26. The Balaban J connectivity index is 1.68. The van der Waals surface area contributed by atoms with Gasteiger partial charge in [-0.1, -0.05) is 19.9 Å². The van der Waals surface area contributed by atoms with Crippen LogP contribution in [-0.2, 0) is 4.79 Å². The highest BCUT2D eigenvalue weighted by atomic mass is 19.1. The van der Waals surface area contributed by atoms with Crippen molar-refractivity contribution >= 4 is 17.7 Å². The van der Waals surface area contributed by atoms with Gasteiger partial charge in [0.2, 0.25) is 5.91 Å². The van der Waals surface area contributed by atoms with Gasteiger partial charge >= 0.3 is 0 Å². The van der Waals surface area contributed by atoms with E-state index in [2.05, 4.69) is 10.6 Å². The first-order valence-corrected chi connectivity index (χ1v) is 11.6. The fraction of sp³-hybridized carbons (Fsp3) is 0.423. The third-order valence-corrected chi connectivity index (χ3v) is 5.98. The molecule has 0 aliphatic carbocycles. The molecular formula is C26H32FN3O4. The van der Waals surface area contributed by atoms with Gasteiger partial charge in [0.05, 0.1) is 7.11 Å². The number of nitrogens with zero attached hydrogens (tertiary/aromatic N) is 1. The van der Waals surface area contributed by atoms with Crippen LogP contribution in [0.3, 0.4) is 0 Å². The Morgan fingerprint density at radius 3 is 2.32 bits per heavy atom. The van der Waals surface area contributed by atoms with Crippen LogP contribution in [0.1, 0.15) is 47.4 Å². The smallest absolute Gasteiger partial charge is 0.253 e. The summed E-state index contributed by atoms with van der Waals surface area (Å²) in [6.45, 7) is 5.35. The van der Waals surface area contributed by atoms with Gasteiger partial charge in [-0.15, -0.1) is 0 Å². The van der Waals surface area contributed by atoms with E-state index in [9.17, 15) is 18.8 Å². The molecule has 1 unspecified atom stereocenters. The number of carbonyl (C=O) groups excluding carboxylic acids is 3. The lowest BCUT2D eigenvalue weighted by molar-refractivity contribution is -0.124. The quantitative estimate of drug-likeness (QED) is 0.621. The SMILES string of the molecule is COc1ccc(C(=O)NC(C(=O)NCC(C)C)C2CCN(C(=O)c3cccc(F)c3)CC2)cc1. The van der Waals surface area contributed by atoms with E-state index >= 15 is 0 Å². The minimum absolute atomic E-state index is 0.133. The fourth-order valence-electron chi connectivity index (χ4n) is 4.02. The molecule has 0 aromatic heterocycles. The zero-order valence-electron chi connectivity index (χ0n) is 19.8. The summed E-state index contributed by atoms with van der Waals surface area (Å²) in [6, 6.07) is 11.6. The summed E-state index contributed by atoms with van der Waals surface area (Å²) in [5.74, 6) is -0.488. The van der Waals surface area contributed by atoms with E-state index in [1.807, 2.05) is 13.8 Å². The Hall–Kier alpha value is -3.42. The molecule has 1 atom stereocenters. The highest BCUT2D eigenvalue weighted by Gasteiger charge is 2.34. The van der Waals surface area contributed by atoms with Crippen LogP contribution in [-0.4, -0.2) is 55.4 Å². The molecule has 1 heterocycles. The molecule has 1 saturated heterocycles. The predicted molar refractivity (Wildman–Crippen MR) is 127 cm³/mol. The molecule has 182 valence electrons. The van der Waals surface area contributed by atoms with Crippen LogP contribution < -0.4 is 15.4 Å². The van der Waals surface area contributed by atoms with E-state index < -0.39 is 11.9 Å². The van der Waals surface area contributed by atoms with Gasteiger partial charge in [-0.25, -0.2) is 4.39 Å². The highest BCUT2D eigenvalue weighted by molar-refractivity contribution is 5.98. The van der Waals surface area contributed by atoms with E-state index in [1.165, 1.54) is 18.2 Å². The molecule has 2 N–H and O–H groups in total. The first-order chi connectivity index (χ1) is 16.3. The van der Waals surface area contributed by atoms with E-state index in [1.54, 1.807) is 42.3 Å². The van der Waals surface area contributed by atoms with Gasteiger partial charge in [-0.3, -0.25) is 14.4 Å². The Labute approximate surface area is 199 Å². The van der Waals surface area contributed by atoms with Crippen molar-refractivity contribution in [3.8, 4) is 5.75 Å². The molecule has 1 fully saturated rings. The maximum absolute atomic E-state index is 13.5. The molecule has 3 amide bonds. The zero-order chi connectivity index (χ0) is 24.7. The maximum atomic E-state index is 13.5. The number of nitrogens with one attached hydrogen (secondary N) is 2. The van der Waals surface area contributed by atoms with Gasteiger partial charge in [0.1, 0.15) is 17.6 Å². The number of hydrogen-bond acceptors (Lipinski definition) is 4. The van der Waals surface area contributed by atoms with Crippen molar-refractivity contribution in [3.63, 3.8) is 0 Å². The number of likely N-dealkylation sites (tertiary alicyclic amines) is 1. The lowest BCUT2D eigenvalue weighted by Gasteiger charge is -2.36. The van der Waals surface area contributed by atoms with Crippen LogP contribution in [0.4, 0.5) is 4.39 Å². The first kappa shape index (κ1) is 25.2. The summed E-state index contributed by atoms with van der Waals surface area (Å²) < 4.78 is 18.7. The third-order valence-electron chi connectivity index (χ3n) is 5.98. The second-order valence-electron chi connectivity index (χ2n) is 8.96. The summed E-state index contributed by atoms with van der Waals surface area (Å²) in [5, 5.41) is 5.83. The molecule has 7 nitrogen and oxygen atoms in total. The standard InChI is InChI=1S/C26H32FN3O4/c1-17(2)16-28-25(32)23(29-24(31)19-7-9-22(34-3)10-8-19)18-11-13-30(14-12-18)26(33)20-5-4-6-21(27)15-20/h4-10,15,17-18,23H,11-14,16H2,1-3H3,(H,28,32)(H,29,31). The van der Waals surface area contributed by atoms with Crippen LogP contribution >= 0.6 is 0 Å². The van der Waals surface area contributed by atoms with E-state index in [4.69, 9.17) is 4.74 Å². The average molecular weight is 470 g/mol. The number of benzene rings is 2. The molecule has 0 saturated carbocycles. The number of carbonyl (C=O) groups is 3. The molecule has 1 aliphatic rings. The number of halogens is 1. The van der Waals surface area contributed by atoms with Gasteiger partial charge < -0.3 is 20.3 Å². The zero-order valence-corrected chi connectivity index (χ0v) is 19.8. The van der Waals surface area contributed by atoms with Gasteiger partial charge in [0.25, 0.3) is 11.8 Å². The van der Waals surface area contributed by atoms with E-state index in [-0.39, 0.29) is 29.6 Å². The van der Waals surface area contributed by atoms with Crippen molar-refractivity contribution in [3.05, 3.63) is 65.5 Å². The van der Waals surface area contributed by atoms with E-state index in [0.29, 0.717) is 49.4 Å². The van der Waals surface area contributed by atoms with Crippen molar-refractivity contribution in [1.82, 2.24) is 15.5 Å². The molecule has 8 heteroatoms. The second kappa shape index (κ2) is 11.6. The summed E-state index contributed by atoms with van der Waals surface area (Å²) >= 11 is 0. The largest absolute Gasteiger partial charge is 0.497 e. The summed E-state index contributed by atoms with van der Waals surface area (Å²) in [5.41, 5.74) is 0.735. The number of methoxy groups -OCH3 is 1. The number of rotatable bonds is 8. The summed E-state index contributed by atoms with van der Waals surface area (Å²) in [4.78, 5) is 40.3. The Kier molecular flexibility index (Phi) is 8.62. The number of piperidine rings is 1. The van der Waals surface area contributed by atoms with Crippen LogP contribution in [0, 0.1) is 17.7 Å². The molecule has 0 spiro atoms. The molecule has 0 radical (unpaired) electrons. The lowest BCUT2D eigenvalue weighted by atomic mass is 9.88. The molecule has 2 aromatic carbocycles. The minimum atomic E-state index is -0.722. The van der Waals surface area contributed by atoms with Gasteiger partial charge in [0.15, 0.2) is 0 Å². The minimum Gasteiger partial charge on any atom is -0.497 e. The van der Waals surface area contributed by atoms with Gasteiger partial charge in [-0.05, 0) is 67.1 Å². The van der Waals surface area contributed by atoms with Crippen LogP contribution in [0.2, 0.25) is 0 Å². The molecular weight excluding hydrogens is 437 g/mol. The van der Waals surface area contributed by atoms with Gasteiger partial charge in [-0.2, -0.15) is 0 Å². The molecule has 34 heavy (non-hydrogen) atoms. The number of ether oxygens (including phenoxy) is 1.